The van der Waals surface area contributed by atoms with E-state index in [-0.39, 0.29) is 6.42 Å². The Morgan fingerprint density at radius 2 is 1.50 bits per heavy atom. The molecular weight excluding hydrogens is 236 g/mol. The third-order valence-electron chi connectivity index (χ3n) is 2.91. The summed E-state index contributed by atoms with van der Waals surface area (Å²) in [6, 6.07) is 0. The van der Waals surface area contributed by atoms with Crippen LogP contribution in [0.4, 0.5) is 0 Å². The number of ketones is 1. The van der Waals surface area contributed by atoms with Crippen LogP contribution in [0.5, 0.6) is 0 Å². The molecule has 0 saturated carbocycles. The normalized spacial score (nSPS) is 12.1. The SMILES string of the molecule is CCCCCCCCC(CC(=O)O)C(=O)C(=O)O. The van der Waals surface area contributed by atoms with E-state index in [1.165, 1.54) is 6.42 Å². The highest BCUT2D eigenvalue weighted by atomic mass is 16.4. The van der Waals surface area contributed by atoms with Crippen LogP contribution in [0.1, 0.15) is 58.3 Å². The average molecular weight is 258 g/mol. The highest BCUT2D eigenvalue weighted by Gasteiger charge is 2.26. The second kappa shape index (κ2) is 9.62. The van der Waals surface area contributed by atoms with Crippen molar-refractivity contribution in [1.29, 1.82) is 0 Å². The molecule has 2 N–H and O–H groups in total. The van der Waals surface area contributed by atoms with Gasteiger partial charge >= 0.3 is 11.9 Å². The fourth-order valence-corrected chi connectivity index (χ4v) is 1.88. The Hall–Kier alpha value is -1.39. The van der Waals surface area contributed by atoms with Gasteiger partial charge in [0, 0.05) is 5.92 Å². The van der Waals surface area contributed by atoms with Crippen molar-refractivity contribution in [1.82, 2.24) is 0 Å². The summed E-state index contributed by atoms with van der Waals surface area (Å²) in [5.41, 5.74) is 0. The maximum absolute atomic E-state index is 11.3. The Balaban J connectivity index is 3.98. The topological polar surface area (TPSA) is 91.7 Å². The van der Waals surface area contributed by atoms with Gasteiger partial charge in [-0.05, 0) is 6.42 Å². The molecule has 0 aromatic heterocycles. The maximum atomic E-state index is 11.3. The second-order valence-electron chi connectivity index (χ2n) is 4.52. The van der Waals surface area contributed by atoms with Gasteiger partial charge in [0.1, 0.15) is 0 Å². The predicted molar refractivity (Wildman–Crippen MR) is 66.4 cm³/mol. The van der Waals surface area contributed by atoms with E-state index in [0.29, 0.717) is 12.8 Å². The molecule has 0 amide bonds. The zero-order valence-corrected chi connectivity index (χ0v) is 10.9. The number of hydrogen-bond donors (Lipinski definition) is 2. The molecule has 1 atom stereocenters. The van der Waals surface area contributed by atoms with E-state index >= 15 is 0 Å². The molecule has 0 rings (SSSR count). The van der Waals surface area contributed by atoms with Crippen LogP contribution >= 0.6 is 0 Å². The van der Waals surface area contributed by atoms with Crippen LogP contribution in [0, 0.1) is 5.92 Å². The van der Waals surface area contributed by atoms with Gasteiger partial charge in [-0.2, -0.15) is 0 Å². The first-order valence-corrected chi connectivity index (χ1v) is 6.48. The monoisotopic (exact) mass is 258 g/mol. The number of hydrogen-bond acceptors (Lipinski definition) is 3. The number of carboxylic acid groups (broad SMARTS) is 2. The molecule has 5 nitrogen and oxygen atoms in total. The fraction of sp³-hybridized carbons (Fsp3) is 0.769. The molecule has 104 valence electrons. The molecule has 0 bridgehead atoms. The number of unbranched alkanes of at least 4 members (excludes halogenated alkanes) is 5. The van der Waals surface area contributed by atoms with Crippen molar-refractivity contribution in [2.45, 2.75) is 58.3 Å². The Morgan fingerprint density at radius 1 is 0.944 bits per heavy atom. The number of carbonyl (C=O) groups excluding carboxylic acids is 1. The lowest BCUT2D eigenvalue weighted by atomic mass is 9.93. The van der Waals surface area contributed by atoms with Crippen LogP contribution in [0.3, 0.4) is 0 Å². The van der Waals surface area contributed by atoms with Gasteiger partial charge in [-0.25, -0.2) is 4.79 Å². The van der Waals surface area contributed by atoms with E-state index in [9.17, 15) is 14.4 Å². The van der Waals surface area contributed by atoms with Crippen LogP contribution < -0.4 is 0 Å². The first-order valence-electron chi connectivity index (χ1n) is 6.48. The lowest BCUT2D eigenvalue weighted by molar-refractivity contribution is -0.152. The molecular formula is C13H22O5. The third kappa shape index (κ3) is 7.81. The van der Waals surface area contributed by atoms with Crippen LogP contribution in [0.25, 0.3) is 0 Å². The van der Waals surface area contributed by atoms with Gasteiger partial charge in [0.15, 0.2) is 0 Å². The van der Waals surface area contributed by atoms with Crippen molar-refractivity contribution in [3.63, 3.8) is 0 Å². The third-order valence-corrected chi connectivity index (χ3v) is 2.91. The molecule has 1 unspecified atom stereocenters. The maximum Gasteiger partial charge on any atom is 0.372 e. The molecule has 0 aromatic rings. The van der Waals surface area contributed by atoms with Crippen molar-refractivity contribution in [3.8, 4) is 0 Å². The number of aliphatic carboxylic acids is 2. The highest BCUT2D eigenvalue weighted by Crippen LogP contribution is 2.16. The lowest BCUT2D eigenvalue weighted by Gasteiger charge is -2.10. The number of carboxylic acids is 2. The Bertz CT molecular complexity index is 285. The molecule has 0 aromatic carbocycles. The van der Waals surface area contributed by atoms with Crippen LogP contribution in [-0.2, 0) is 14.4 Å². The van der Waals surface area contributed by atoms with Gasteiger partial charge in [0.2, 0.25) is 5.78 Å². The van der Waals surface area contributed by atoms with E-state index in [4.69, 9.17) is 10.2 Å². The van der Waals surface area contributed by atoms with Gasteiger partial charge < -0.3 is 10.2 Å². The average Bonchev–Trinajstić information content (AvgIpc) is 2.30. The van der Waals surface area contributed by atoms with Crippen molar-refractivity contribution in [2.75, 3.05) is 0 Å². The number of rotatable bonds is 11. The van der Waals surface area contributed by atoms with Crippen LogP contribution in [-0.4, -0.2) is 27.9 Å². The summed E-state index contributed by atoms with van der Waals surface area (Å²) in [4.78, 5) is 32.4. The zero-order chi connectivity index (χ0) is 14.0. The summed E-state index contributed by atoms with van der Waals surface area (Å²) < 4.78 is 0. The fourth-order valence-electron chi connectivity index (χ4n) is 1.88. The van der Waals surface area contributed by atoms with E-state index in [1.54, 1.807) is 0 Å². The summed E-state index contributed by atoms with van der Waals surface area (Å²) in [6.45, 7) is 2.12. The van der Waals surface area contributed by atoms with Crippen LogP contribution in [0.2, 0.25) is 0 Å². The Labute approximate surface area is 107 Å². The van der Waals surface area contributed by atoms with E-state index in [0.717, 1.165) is 25.7 Å². The molecule has 0 aliphatic heterocycles. The molecule has 0 aliphatic carbocycles. The van der Waals surface area contributed by atoms with Gasteiger partial charge in [-0.15, -0.1) is 0 Å². The van der Waals surface area contributed by atoms with Gasteiger partial charge in [-0.1, -0.05) is 45.4 Å². The van der Waals surface area contributed by atoms with Gasteiger partial charge in [-0.3, -0.25) is 9.59 Å². The summed E-state index contributed by atoms with van der Waals surface area (Å²) >= 11 is 0. The summed E-state index contributed by atoms with van der Waals surface area (Å²) in [7, 11) is 0. The molecule has 0 radical (unpaired) electrons. The Kier molecular flexibility index (Phi) is 8.88. The molecule has 0 aliphatic rings. The van der Waals surface area contributed by atoms with Crippen molar-refractivity contribution in [2.24, 2.45) is 5.92 Å². The van der Waals surface area contributed by atoms with E-state index in [2.05, 4.69) is 6.92 Å². The summed E-state index contributed by atoms with van der Waals surface area (Å²) in [5, 5.41) is 17.2. The van der Waals surface area contributed by atoms with E-state index < -0.39 is 23.6 Å². The smallest absolute Gasteiger partial charge is 0.372 e. The predicted octanol–water partition coefficient (Wildman–Crippen LogP) is 2.48. The van der Waals surface area contributed by atoms with Crippen molar-refractivity contribution >= 4 is 17.7 Å². The molecule has 18 heavy (non-hydrogen) atoms. The van der Waals surface area contributed by atoms with Crippen molar-refractivity contribution in [3.05, 3.63) is 0 Å². The highest BCUT2D eigenvalue weighted by molar-refractivity contribution is 6.33. The van der Waals surface area contributed by atoms with Gasteiger partial charge in [0.05, 0.1) is 6.42 Å². The zero-order valence-electron chi connectivity index (χ0n) is 10.9. The number of carbonyl (C=O) groups is 3. The Morgan fingerprint density at radius 3 is 2.00 bits per heavy atom. The minimum absolute atomic E-state index is 0.351. The molecule has 0 fully saturated rings. The quantitative estimate of drug-likeness (QED) is 0.439. The minimum atomic E-state index is -1.53. The number of Topliss-reactive ketones (excluding diaryl/α,β-unsaturated/α-hetero) is 1. The molecule has 5 heteroatoms. The lowest BCUT2D eigenvalue weighted by Crippen LogP contribution is -2.25. The minimum Gasteiger partial charge on any atom is -0.481 e. The molecule has 0 heterocycles. The standard InChI is InChI=1S/C13H22O5/c1-2-3-4-5-6-7-8-10(9-11(14)15)12(16)13(17)18/h10H,2-9H2,1H3,(H,14,15)(H,17,18). The summed E-state index contributed by atoms with van der Waals surface area (Å²) in [6.07, 6.45) is 6.10. The first kappa shape index (κ1) is 16.6. The van der Waals surface area contributed by atoms with Crippen molar-refractivity contribution < 1.29 is 24.6 Å². The summed E-state index contributed by atoms with van der Waals surface area (Å²) in [5.74, 6) is -4.52. The van der Waals surface area contributed by atoms with Gasteiger partial charge in [0.25, 0.3) is 0 Å². The second-order valence-corrected chi connectivity index (χ2v) is 4.52. The first-order chi connectivity index (χ1) is 8.49. The molecule has 0 spiro atoms. The molecule has 0 saturated heterocycles. The van der Waals surface area contributed by atoms with E-state index in [1.807, 2.05) is 0 Å². The largest absolute Gasteiger partial charge is 0.481 e. The van der Waals surface area contributed by atoms with Crippen LogP contribution in [0.15, 0.2) is 0 Å².